The van der Waals surface area contributed by atoms with Crippen molar-refractivity contribution in [2.45, 2.75) is 6.92 Å². The van der Waals surface area contributed by atoms with Crippen molar-refractivity contribution in [3.05, 3.63) is 63.4 Å². The molecule has 0 aliphatic heterocycles. The van der Waals surface area contributed by atoms with Crippen LogP contribution in [-0.4, -0.2) is 18.5 Å². The van der Waals surface area contributed by atoms with Crippen LogP contribution in [0.15, 0.2) is 36.4 Å². The van der Waals surface area contributed by atoms with E-state index >= 15 is 0 Å². The number of hydrogen-bond acceptors (Lipinski definition) is 3. The fraction of sp³-hybridized carbons (Fsp3) is 0.125. The molecule has 7 heteroatoms. The van der Waals surface area contributed by atoms with Gasteiger partial charge in [0, 0.05) is 10.7 Å². The highest BCUT2D eigenvalue weighted by Gasteiger charge is 2.15. The van der Waals surface area contributed by atoms with E-state index in [4.69, 9.17) is 27.9 Å². The van der Waals surface area contributed by atoms with Crippen LogP contribution < -0.4 is 5.32 Å². The van der Waals surface area contributed by atoms with Gasteiger partial charge in [0.15, 0.2) is 6.61 Å². The lowest BCUT2D eigenvalue weighted by Gasteiger charge is -2.08. The van der Waals surface area contributed by atoms with E-state index in [2.05, 4.69) is 5.32 Å². The van der Waals surface area contributed by atoms with Crippen LogP contribution in [0.25, 0.3) is 0 Å². The molecule has 1 N–H and O–H groups in total. The molecule has 0 atom stereocenters. The zero-order valence-corrected chi connectivity index (χ0v) is 13.5. The maximum atomic E-state index is 13.1. The molecule has 0 fully saturated rings. The summed E-state index contributed by atoms with van der Waals surface area (Å²) in [6.07, 6.45) is 0. The summed E-state index contributed by atoms with van der Waals surface area (Å²) in [5.41, 5.74) is 1.21. The van der Waals surface area contributed by atoms with E-state index in [9.17, 15) is 14.0 Å². The number of ether oxygens (including phenoxy) is 1. The Hall–Kier alpha value is -2.11. The van der Waals surface area contributed by atoms with Crippen molar-refractivity contribution in [1.29, 1.82) is 0 Å². The lowest BCUT2D eigenvalue weighted by molar-refractivity contribution is -0.119. The number of nitrogens with one attached hydrogen (secondary N) is 1. The van der Waals surface area contributed by atoms with Gasteiger partial charge in [0.05, 0.1) is 10.6 Å². The maximum Gasteiger partial charge on any atom is 0.340 e. The number of benzene rings is 2. The monoisotopic (exact) mass is 355 g/mol. The predicted molar refractivity (Wildman–Crippen MR) is 86.5 cm³/mol. The summed E-state index contributed by atoms with van der Waals surface area (Å²) in [6, 6.07) is 8.30. The number of halogens is 3. The Morgan fingerprint density at radius 3 is 2.57 bits per heavy atom. The van der Waals surface area contributed by atoms with Crippen molar-refractivity contribution >= 4 is 40.8 Å². The fourth-order valence-electron chi connectivity index (χ4n) is 1.73. The van der Waals surface area contributed by atoms with Gasteiger partial charge in [-0.25, -0.2) is 9.18 Å². The molecule has 2 rings (SSSR count). The second-order valence-electron chi connectivity index (χ2n) is 4.71. The third kappa shape index (κ3) is 4.68. The minimum atomic E-state index is -0.883. The molecular weight excluding hydrogens is 344 g/mol. The predicted octanol–water partition coefficient (Wildman–Crippen LogP) is 4.24. The third-order valence-corrected chi connectivity index (χ3v) is 3.68. The molecule has 120 valence electrons. The van der Waals surface area contributed by atoms with Crippen molar-refractivity contribution < 1.29 is 18.7 Å². The average Bonchev–Trinajstić information content (AvgIpc) is 2.51. The molecule has 0 heterocycles. The number of carbonyl (C=O) groups is 2. The van der Waals surface area contributed by atoms with Crippen LogP contribution in [0.5, 0.6) is 0 Å². The van der Waals surface area contributed by atoms with Crippen molar-refractivity contribution in [1.82, 2.24) is 0 Å². The molecule has 0 saturated carbocycles. The summed E-state index contributed by atoms with van der Waals surface area (Å²) >= 11 is 11.7. The SMILES string of the molecule is Cc1ccc(NC(=O)COC(=O)c2cc(F)ccc2Cl)cc1Cl. The molecule has 0 aliphatic rings. The van der Waals surface area contributed by atoms with Gasteiger partial charge >= 0.3 is 5.97 Å². The number of carbonyl (C=O) groups excluding carboxylic acids is 2. The molecule has 0 radical (unpaired) electrons. The van der Waals surface area contributed by atoms with Crippen LogP contribution in [0.4, 0.5) is 10.1 Å². The second-order valence-corrected chi connectivity index (χ2v) is 5.53. The van der Waals surface area contributed by atoms with Crippen molar-refractivity contribution in [3.8, 4) is 0 Å². The molecule has 23 heavy (non-hydrogen) atoms. The highest BCUT2D eigenvalue weighted by molar-refractivity contribution is 6.33. The Kier molecular flexibility index (Phi) is 5.58. The molecule has 0 saturated heterocycles. The first-order valence-electron chi connectivity index (χ1n) is 6.55. The Morgan fingerprint density at radius 1 is 1.13 bits per heavy atom. The van der Waals surface area contributed by atoms with Crippen molar-refractivity contribution in [2.75, 3.05) is 11.9 Å². The van der Waals surface area contributed by atoms with Gasteiger partial charge in [0.2, 0.25) is 0 Å². The first-order valence-corrected chi connectivity index (χ1v) is 7.30. The lowest BCUT2D eigenvalue weighted by atomic mass is 10.2. The summed E-state index contributed by atoms with van der Waals surface area (Å²) in [4.78, 5) is 23.6. The van der Waals surface area contributed by atoms with Crippen LogP contribution in [-0.2, 0) is 9.53 Å². The highest BCUT2D eigenvalue weighted by Crippen LogP contribution is 2.20. The largest absolute Gasteiger partial charge is 0.452 e. The van der Waals surface area contributed by atoms with Crippen molar-refractivity contribution in [3.63, 3.8) is 0 Å². The number of rotatable bonds is 4. The van der Waals surface area contributed by atoms with Crippen LogP contribution >= 0.6 is 23.2 Å². The van der Waals surface area contributed by atoms with Gasteiger partial charge in [-0.3, -0.25) is 4.79 Å². The lowest BCUT2D eigenvalue weighted by Crippen LogP contribution is -2.21. The zero-order valence-electron chi connectivity index (χ0n) is 12.0. The molecule has 2 aromatic carbocycles. The van der Waals surface area contributed by atoms with Gasteiger partial charge in [0.25, 0.3) is 5.91 Å². The third-order valence-electron chi connectivity index (χ3n) is 2.94. The molecular formula is C16H12Cl2FNO3. The highest BCUT2D eigenvalue weighted by atomic mass is 35.5. The quantitative estimate of drug-likeness (QED) is 0.834. The smallest absolute Gasteiger partial charge is 0.340 e. The number of hydrogen-bond donors (Lipinski definition) is 1. The van der Waals surface area contributed by atoms with Gasteiger partial charge in [-0.1, -0.05) is 29.3 Å². The summed E-state index contributed by atoms with van der Waals surface area (Å²) in [5, 5.41) is 3.08. The Morgan fingerprint density at radius 2 is 1.87 bits per heavy atom. The van der Waals surface area contributed by atoms with E-state index in [0.717, 1.165) is 17.7 Å². The molecule has 0 spiro atoms. The van der Waals surface area contributed by atoms with E-state index in [1.54, 1.807) is 18.2 Å². The van der Waals surface area contributed by atoms with E-state index in [1.165, 1.54) is 6.07 Å². The van der Waals surface area contributed by atoms with E-state index < -0.39 is 24.3 Å². The summed E-state index contributed by atoms with van der Waals surface area (Å²) in [5.74, 6) is -2.06. The molecule has 2 aromatic rings. The Labute approximate surface area is 142 Å². The maximum absolute atomic E-state index is 13.1. The first-order chi connectivity index (χ1) is 10.9. The normalized spacial score (nSPS) is 10.3. The van der Waals surface area contributed by atoms with Crippen LogP contribution in [0.2, 0.25) is 10.0 Å². The van der Waals surface area contributed by atoms with Gasteiger partial charge in [0.1, 0.15) is 5.82 Å². The molecule has 4 nitrogen and oxygen atoms in total. The topological polar surface area (TPSA) is 55.4 Å². The molecule has 0 unspecified atom stereocenters. The zero-order chi connectivity index (χ0) is 17.0. The fourth-order valence-corrected chi connectivity index (χ4v) is 2.11. The molecule has 0 aromatic heterocycles. The number of amides is 1. The summed E-state index contributed by atoms with van der Waals surface area (Å²) in [6.45, 7) is 1.30. The van der Waals surface area contributed by atoms with E-state index in [0.29, 0.717) is 10.7 Å². The Balaban J connectivity index is 1.94. The van der Waals surface area contributed by atoms with Crippen LogP contribution in [0.1, 0.15) is 15.9 Å². The van der Waals surface area contributed by atoms with Crippen LogP contribution in [0.3, 0.4) is 0 Å². The van der Waals surface area contributed by atoms with E-state index in [1.807, 2.05) is 6.92 Å². The second kappa shape index (κ2) is 7.44. The minimum absolute atomic E-state index is 0.0436. The van der Waals surface area contributed by atoms with Gasteiger partial charge in [-0.05, 0) is 42.8 Å². The molecule has 0 bridgehead atoms. The standard InChI is InChI=1S/C16H12Cl2FNO3/c1-9-2-4-11(7-14(9)18)20-15(21)8-23-16(22)12-6-10(19)3-5-13(12)17/h2-7H,8H2,1H3,(H,20,21). The van der Waals surface area contributed by atoms with Crippen molar-refractivity contribution in [2.24, 2.45) is 0 Å². The Bertz CT molecular complexity index is 765. The number of esters is 1. The van der Waals surface area contributed by atoms with Crippen LogP contribution in [0, 0.1) is 12.7 Å². The summed E-state index contributed by atoms with van der Waals surface area (Å²) < 4.78 is 17.9. The molecule has 0 aliphatic carbocycles. The summed E-state index contributed by atoms with van der Waals surface area (Å²) in [7, 11) is 0. The molecule has 1 amide bonds. The first kappa shape index (κ1) is 17.2. The van der Waals surface area contributed by atoms with Gasteiger partial charge in [-0.2, -0.15) is 0 Å². The van der Waals surface area contributed by atoms with Gasteiger partial charge < -0.3 is 10.1 Å². The van der Waals surface area contributed by atoms with Gasteiger partial charge in [-0.15, -0.1) is 0 Å². The number of aryl methyl sites for hydroxylation is 1. The minimum Gasteiger partial charge on any atom is -0.452 e. The average molecular weight is 356 g/mol. The van der Waals surface area contributed by atoms with E-state index in [-0.39, 0.29) is 10.6 Å². The number of anilines is 1.